The standard InChI is InChI=1S/C18H17ClN2O3/c1-21-15-8-7-12(10-11(15)6-9-16(21)22)20-18(23)13-4-3-5-14(19)17(13)24-2/h3-5,7-8,10H,6,9H2,1-2H3,(H,20,23). The number of nitrogens with zero attached hydrogens (tertiary/aromatic N) is 1. The van der Waals surface area contributed by atoms with Gasteiger partial charge >= 0.3 is 0 Å². The van der Waals surface area contributed by atoms with E-state index in [2.05, 4.69) is 5.32 Å². The molecular weight excluding hydrogens is 328 g/mol. The van der Waals surface area contributed by atoms with Crippen LogP contribution in [0.15, 0.2) is 36.4 Å². The highest BCUT2D eigenvalue weighted by Gasteiger charge is 2.21. The predicted molar refractivity (Wildman–Crippen MR) is 94.1 cm³/mol. The Hall–Kier alpha value is -2.53. The Morgan fingerprint density at radius 2 is 2.04 bits per heavy atom. The van der Waals surface area contributed by atoms with Crippen LogP contribution in [0, 0.1) is 0 Å². The van der Waals surface area contributed by atoms with Gasteiger partial charge in [0.25, 0.3) is 5.91 Å². The number of methoxy groups -OCH3 is 1. The van der Waals surface area contributed by atoms with E-state index in [1.807, 2.05) is 12.1 Å². The van der Waals surface area contributed by atoms with Crippen molar-refractivity contribution in [2.75, 3.05) is 24.4 Å². The van der Waals surface area contributed by atoms with E-state index in [9.17, 15) is 9.59 Å². The zero-order chi connectivity index (χ0) is 17.3. The fraction of sp³-hybridized carbons (Fsp3) is 0.222. The van der Waals surface area contributed by atoms with E-state index >= 15 is 0 Å². The topological polar surface area (TPSA) is 58.6 Å². The molecule has 0 saturated carbocycles. The Morgan fingerprint density at radius 1 is 1.25 bits per heavy atom. The minimum Gasteiger partial charge on any atom is -0.494 e. The van der Waals surface area contributed by atoms with Gasteiger partial charge in [0.2, 0.25) is 5.91 Å². The largest absolute Gasteiger partial charge is 0.494 e. The molecule has 0 radical (unpaired) electrons. The molecule has 124 valence electrons. The summed E-state index contributed by atoms with van der Waals surface area (Å²) < 4.78 is 5.21. The smallest absolute Gasteiger partial charge is 0.259 e. The van der Waals surface area contributed by atoms with Crippen molar-refractivity contribution in [2.24, 2.45) is 0 Å². The minimum atomic E-state index is -0.297. The zero-order valence-corrected chi connectivity index (χ0v) is 14.2. The third-order valence-corrected chi connectivity index (χ3v) is 4.39. The molecule has 1 aliphatic heterocycles. The molecule has 0 saturated heterocycles. The number of carbonyl (C=O) groups is 2. The number of hydrogen-bond donors (Lipinski definition) is 1. The first kappa shape index (κ1) is 16.3. The van der Waals surface area contributed by atoms with Crippen LogP contribution in [0.5, 0.6) is 5.75 Å². The van der Waals surface area contributed by atoms with Gasteiger partial charge in [-0.15, -0.1) is 0 Å². The van der Waals surface area contributed by atoms with Gasteiger partial charge in [-0.3, -0.25) is 9.59 Å². The van der Waals surface area contributed by atoms with Gasteiger partial charge in [0.05, 0.1) is 17.7 Å². The number of benzene rings is 2. The van der Waals surface area contributed by atoms with Gasteiger partial charge < -0.3 is 15.0 Å². The summed E-state index contributed by atoms with van der Waals surface area (Å²) in [7, 11) is 3.24. The first-order chi connectivity index (χ1) is 11.5. The summed E-state index contributed by atoms with van der Waals surface area (Å²) in [6.07, 6.45) is 1.14. The van der Waals surface area contributed by atoms with E-state index in [0.717, 1.165) is 11.3 Å². The second kappa shape index (κ2) is 6.53. The Bertz CT molecular complexity index is 820. The summed E-state index contributed by atoms with van der Waals surface area (Å²) in [5, 5.41) is 3.24. The first-order valence-electron chi connectivity index (χ1n) is 7.54. The summed E-state index contributed by atoms with van der Waals surface area (Å²) in [5.41, 5.74) is 2.95. The number of amides is 2. The second-order valence-corrected chi connectivity index (χ2v) is 5.98. The number of hydrogen-bond acceptors (Lipinski definition) is 3. The maximum absolute atomic E-state index is 12.5. The number of aryl methyl sites for hydroxylation is 1. The van der Waals surface area contributed by atoms with Gasteiger partial charge in [0.15, 0.2) is 0 Å². The summed E-state index contributed by atoms with van der Waals surface area (Å²) in [6.45, 7) is 0. The third kappa shape index (κ3) is 2.95. The van der Waals surface area contributed by atoms with Crippen LogP contribution in [-0.4, -0.2) is 26.0 Å². The molecule has 1 aliphatic rings. The lowest BCUT2D eigenvalue weighted by atomic mass is 10.0. The number of fused-ring (bicyclic) bond motifs is 1. The van der Waals surface area contributed by atoms with Gasteiger partial charge in [0, 0.05) is 24.8 Å². The molecule has 1 heterocycles. The third-order valence-electron chi connectivity index (χ3n) is 4.10. The predicted octanol–water partition coefficient (Wildman–Crippen LogP) is 3.51. The fourth-order valence-corrected chi connectivity index (χ4v) is 3.08. The maximum atomic E-state index is 12.5. The van der Waals surface area contributed by atoms with Crippen LogP contribution in [0.25, 0.3) is 0 Å². The Balaban J connectivity index is 1.86. The van der Waals surface area contributed by atoms with Crippen molar-refractivity contribution in [1.82, 2.24) is 0 Å². The van der Waals surface area contributed by atoms with Crippen molar-refractivity contribution in [3.63, 3.8) is 0 Å². The summed E-state index contributed by atoms with van der Waals surface area (Å²) >= 11 is 6.06. The SMILES string of the molecule is COc1c(Cl)cccc1C(=O)Nc1ccc2c(c1)CCC(=O)N2C. The molecule has 1 N–H and O–H groups in total. The lowest BCUT2D eigenvalue weighted by Crippen LogP contribution is -2.31. The first-order valence-corrected chi connectivity index (χ1v) is 7.92. The molecule has 0 fully saturated rings. The highest BCUT2D eigenvalue weighted by molar-refractivity contribution is 6.32. The van der Waals surface area contributed by atoms with Crippen molar-refractivity contribution in [3.05, 3.63) is 52.5 Å². The molecule has 0 bridgehead atoms. The molecule has 3 rings (SSSR count). The highest BCUT2D eigenvalue weighted by atomic mass is 35.5. The van der Waals surface area contributed by atoms with E-state index in [1.165, 1.54) is 7.11 Å². The van der Waals surface area contributed by atoms with Crippen LogP contribution >= 0.6 is 11.6 Å². The van der Waals surface area contributed by atoms with Crippen LogP contribution in [0.2, 0.25) is 5.02 Å². The van der Waals surface area contributed by atoms with E-state index in [-0.39, 0.29) is 11.8 Å². The average Bonchev–Trinajstić information content (AvgIpc) is 2.58. The maximum Gasteiger partial charge on any atom is 0.259 e. The number of anilines is 2. The summed E-state index contributed by atoms with van der Waals surface area (Å²) in [5.74, 6) is 0.150. The quantitative estimate of drug-likeness (QED) is 0.927. The highest BCUT2D eigenvalue weighted by Crippen LogP contribution is 2.31. The lowest BCUT2D eigenvalue weighted by Gasteiger charge is -2.26. The van der Waals surface area contributed by atoms with Crippen LogP contribution in [0.4, 0.5) is 11.4 Å². The van der Waals surface area contributed by atoms with Gasteiger partial charge in [-0.2, -0.15) is 0 Å². The number of ether oxygens (including phenoxy) is 1. The number of halogens is 1. The molecule has 6 heteroatoms. The summed E-state index contributed by atoms with van der Waals surface area (Å²) in [4.78, 5) is 25.9. The van der Waals surface area contributed by atoms with Crippen LogP contribution in [0.1, 0.15) is 22.3 Å². The number of para-hydroxylation sites is 1. The molecule has 2 aromatic rings. The normalized spacial score (nSPS) is 13.5. The molecule has 2 amide bonds. The molecule has 24 heavy (non-hydrogen) atoms. The van der Waals surface area contributed by atoms with E-state index in [0.29, 0.717) is 34.9 Å². The van der Waals surface area contributed by atoms with E-state index < -0.39 is 0 Å². The molecule has 0 unspecified atom stereocenters. The Morgan fingerprint density at radius 3 is 2.79 bits per heavy atom. The average molecular weight is 345 g/mol. The van der Waals surface area contributed by atoms with Gasteiger partial charge in [-0.05, 0) is 42.3 Å². The van der Waals surface area contributed by atoms with Crippen molar-refractivity contribution < 1.29 is 14.3 Å². The van der Waals surface area contributed by atoms with E-state index in [4.69, 9.17) is 16.3 Å². The van der Waals surface area contributed by atoms with Crippen LogP contribution in [0.3, 0.4) is 0 Å². The molecule has 5 nitrogen and oxygen atoms in total. The molecule has 0 aliphatic carbocycles. The lowest BCUT2D eigenvalue weighted by molar-refractivity contribution is -0.118. The molecule has 0 atom stereocenters. The molecule has 2 aromatic carbocycles. The number of carbonyl (C=O) groups excluding carboxylic acids is 2. The molecule has 0 spiro atoms. The van der Waals surface area contributed by atoms with Gasteiger partial charge in [-0.1, -0.05) is 17.7 Å². The minimum absolute atomic E-state index is 0.1000. The van der Waals surface area contributed by atoms with Gasteiger partial charge in [0.1, 0.15) is 5.75 Å². The van der Waals surface area contributed by atoms with E-state index in [1.54, 1.807) is 36.2 Å². The van der Waals surface area contributed by atoms with Crippen LogP contribution < -0.4 is 15.0 Å². The summed E-state index contributed by atoms with van der Waals surface area (Å²) in [6, 6.07) is 10.5. The Labute approximate surface area is 145 Å². The van der Waals surface area contributed by atoms with Crippen molar-refractivity contribution in [2.45, 2.75) is 12.8 Å². The zero-order valence-electron chi connectivity index (χ0n) is 13.4. The second-order valence-electron chi connectivity index (χ2n) is 5.57. The Kier molecular flexibility index (Phi) is 4.44. The van der Waals surface area contributed by atoms with Crippen molar-refractivity contribution >= 4 is 34.8 Å². The fourth-order valence-electron chi connectivity index (χ4n) is 2.83. The molecular formula is C18H17ClN2O3. The number of rotatable bonds is 3. The van der Waals surface area contributed by atoms with Gasteiger partial charge in [-0.25, -0.2) is 0 Å². The monoisotopic (exact) mass is 344 g/mol. The number of nitrogens with one attached hydrogen (secondary N) is 1. The van der Waals surface area contributed by atoms with Crippen LogP contribution in [-0.2, 0) is 11.2 Å². The van der Waals surface area contributed by atoms with Crippen molar-refractivity contribution in [1.29, 1.82) is 0 Å². The molecule has 0 aromatic heterocycles. The van der Waals surface area contributed by atoms with Crippen molar-refractivity contribution in [3.8, 4) is 5.75 Å².